The van der Waals surface area contributed by atoms with Gasteiger partial charge in [0.1, 0.15) is 6.04 Å². The Balaban J connectivity index is 0.00000257. The summed E-state index contributed by atoms with van der Waals surface area (Å²) in [6.45, 7) is 31.7. The zero-order chi connectivity index (χ0) is 43.5. The number of anilines is 1. The van der Waals surface area contributed by atoms with E-state index in [9.17, 15) is 0 Å². The fraction of sp³-hybridized carbons (Fsp3) is 0.429. The summed E-state index contributed by atoms with van der Waals surface area (Å²) >= 11 is 0.194. The molecular formula is C49H71Cl2FeN5. The SMILES string of the molecule is C#CC(CC)N(/N=C(\c1ccc(C)cc1)N(/C(=N/N1C=CCC=C1C(C)C)c1ccc(C)cc1)c1ccccc1)/C(=C\C)C(C)C.CC.CC.CC(C)C.[Cl][Fe][Cl]. The average Bonchev–Trinajstić information content (AvgIpc) is 3.20. The predicted octanol–water partition coefficient (Wildman–Crippen LogP) is 15.0. The van der Waals surface area contributed by atoms with E-state index >= 15 is 0 Å². The zero-order valence-corrected chi connectivity index (χ0v) is 40.1. The Morgan fingerprint density at radius 1 is 0.825 bits per heavy atom. The average molecular weight is 857 g/mol. The molecule has 3 aromatic rings. The number of rotatable bonds is 10. The summed E-state index contributed by atoms with van der Waals surface area (Å²) in [5, 5.41) is 15.0. The van der Waals surface area contributed by atoms with Crippen LogP contribution in [-0.2, 0) is 13.1 Å². The van der Waals surface area contributed by atoms with Crippen molar-refractivity contribution in [3.05, 3.63) is 137 Å². The first kappa shape index (κ1) is 53.3. The molecule has 0 fully saturated rings. The Bertz CT molecular complexity index is 1720. The van der Waals surface area contributed by atoms with Crippen molar-refractivity contribution in [3.8, 4) is 12.3 Å². The first-order valence-corrected chi connectivity index (χ1v) is 23.5. The van der Waals surface area contributed by atoms with E-state index in [1.807, 2.05) is 43.8 Å². The molecule has 0 spiro atoms. The Hall–Kier alpha value is -3.72. The van der Waals surface area contributed by atoms with E-state index in [1.54, 1.807) is 0 Å². The third-order valence-electron chi connectivity index (χ3n) is 8.05. The van der Waals surface area contributed by atoms with Gasteiger partial charge in [0.2, 0.25) is 0 Å². The quantitative estimate of drug-likeness (QED) is 0.0670. The van der Waals surface area contributed by atoms with Crippen molar-refractivity contribution in [3.63, 3.8) is 0 Å². The number of allylic oxidation sites excluding steroid dienone is 5. The molecule has 8 heteroatoms. The molecule has 1 unspecified atom stereocenters. The van der Waals surface area contributed by atoms with Crippen LogP contribution in [0, 0.1) is 43.9 Å². The van der Waals surface area contributed by atoms with Crippen LogP contribution in [0.1, 0.15) is 125 Å². The summed E-state index contributed by atoms with van der Waals surface area (Å²) in [5.74, 6) is 5.85. The fourth-order valence-corrected chi connectivity index (χ4v) is 5.51. The van der Waals surface area contributed by atoms with Crippen molar-refractivity contribution < 1.29 is 13.1 Å². The number of nitrogens with zero attached hydrogens (tertiary/aromatic N) is 5. The van der Waals surface area contributed by atoms with Crippen LogP contribution >= 0.6 is 20.2 Å². The number of hydrogen-bond donors (Lipinski definition) is 0. The van der Waals surface area contributed by atoms with E-state index < -0.39 is 0 Å². The Morgan fingerprint density at radius 2 is 1.30 bits per heavy atom. The minimum atomic E-state index is -0.230. The summed E-state index contributed by atoms with van der Waals surface area (Å²) in [6, 6.07) is 27.2. The molecule has 1 atom stereocenters. The Morgan fingerprint density at radius 3 is 1.70 bits per heavy atom. The molecule has 0 saturated carbocycles. The monoisotopic (exact) mass is 855 g/mol. The third-order valence-corrected chi connectivity index (χ3v) is 8.05. The van der Waals surface area contributed by atoms with E-state index in [0.717, 1.165) is 58.6 Å². The third kappa shape index (κ3) is 18.2. The number of para-hydroxylation sites is 1. The summed E-state index contributed by atoms with van der Waals surface area (Å²) in [5.41, 5.74) is 7.46. The van der Waals surface area contributed by atoms with Gasteiger partial charge in [-0.3, -0.25) is 9.91 Å². The van der Waals surface area contributed by atoms with Gasteiger partial charge in [0, 0.05) is 34.4 Å². The van der Waals surface area contributed by atoms with Crippen LogP contribution in [0.3, 0.4) is 0 Å². The van der Waals surface area contributed by atoms with Gasteiger partial charge in [0.25, 0.3) is 0 Å². The van der Waals surface area contributed by atoms with E-state index in [0.29, 0.717) is 5.92 Å². The minimum absolute atomic E-state index is 0.194. The first-order valence-electron chi connectivity index (χ1n) is 20.4. The number of hydrogen-bond acceptors (Lipinski definition) is 4. The number of benzene rings is 3. The molecule has 1 aliphatic heterocycles. The standard InChI is InChI=1S/C41H49N5.C4H10.2C2H6.2ClH.Fe/c1-10-36(11-2)46(38(12-3)30(4)5)43-41(35-27-23-33(9)24-28-35)45(37-18-14-13-15-19-37)40(34-25-21-32(8)22-26-34)42-44-29-17-16-20-39(44)31(6)7;1-4(2)3;2*1-2;;;/h1,12-15,17-31,36H,11,16H2,2-9H3;4H,1-3H3;2*1-2H3;2*1H;/q;;;;;;+2/p-2/b38-12-,42-40+,43-41+;;;;;;. The molecule has 0 radical (unpaired) electrons. The molecule has 57 heavy (non-hydrogen) atoms. The predicted molar refractivity (Wildman–Crippen MR) is 251 cm³/mol. The van der Waals surface area contributed by atoms with Gasteiger partial charge in [-0.1, -0.05) is 185 Å². The summed E-state index contributed by atoms with van der Waals surface area (Å²) < 4.78 is 0. The second-order valence-electron chi connectivity index (χ2n) is 14.1. The van der Waals surface area contributed by atoms with Crippen LogP contribution in [0.5, 0.6) is 0 Å². The number of terminal acetylenes is 1. The van der Waals surface area contributed by atoms with Gasteiger partial charge in [-0.25, -0.2) is 5.01 Å². The Kier molecular flexibility index (Phi) is 28.4. The molecule has 0 amide bonds. The summed E-state index contributed by atoms with van der Waals surface area (Å²) in [7, 11) is 9.53. The van der Waals surface area contributed by atoms with Gasteiger partial charge in [-0.2, -0.15) is 5.10 Å². The van der Waals surface area contributed by atoms with E-state index in [1.165, 1.54) is 11.1 Å². The van der Waals surface area contributed by atoms with Crippen molar-refractivity contribution in [2.75, 3.05) is 4.90 Å². The normalized spacial score (nSPS) is 13.1. The van der Waals surface area contributed by atoms with Gasteiger partial charge in [-0.15, -0.1) is 11.5 Å². The molecule has 0 N–H and O–H groups in total. The second-order valence-corrected chi connectivity index (χ2v) is 15.9. The van der Waals surface area contributed by atoms with Crippen LogP contribution in [0.2, 0.25) is 0 Å². The molecule has 1 aliphatic rings. The van der Waals surface area contributed by atoms with Crippen LogP contribution in [0.25, 0.3) is 0 Å². The second kappa shape index (κ2) is 30.4. The van der Waals surface area contributed by atoms with Crippen molar-refractivity contribution in [1.29, 1.82) is 0 Å². The molecule has 0 bridgehead atoms. The summed E-state index contributed by atoms with van der Waals surface area (Å²) in [4.78, 5) is 2.18. The van der Waals surface area contributed by atoms with Crippen molar-refractivity contribution in [1.82, 2.24) is 10.0 Å². The maximum atomic E-state index is 6.18. The number of aryl methyl sites for hydroxylation is 2. The number of amidine groups is 2. The molecule has 0 aromatic heterocycles. The van der Waals surface area contributed by atoms with Crippen LogP contribution < -0.4 is 4.90 Å². The zero-order valence-electron chi connectivity index (χ0n) is 37.5. The van der Waals surface area contributed by atoms with Crippen LogP contribution in [-0.4, -0.2) is 27.7 Å². The van der Waals surface area contributed by atoms with Gasteiger partial charge in [0.15, 0.2) is 11.7 Å². The molecule has 314 valence electrons. The van der Waals surface area contributed by atoms with Crippen molar-refractivity contribution >= 4 is 37.6 Å². The van der Waals surface area contributed by atoms with E-state index in [2.05, 4.69) is 184 Å². The first-order chi connectivity index (χ1) is 27.3. The Labute approximate surface area is 363 Å². The maximum absolute atomic E-state index is 6.18. The topological polar surface area (TPSA) is 34.4 Å². The van der Waals surface area contributed by atoms with Gasteiger partial charge in [-0.05, 0) is 63.5 Å². The summed E-state index contributed by atoms with van der Waals surface area (Å²) in [6.07, 6.45) is 16.4. The van der Waals surface area contributed by atoms with Crippen molar-refractivity contribution in [2.24, 2.45) is 28.0 Å². The molecular weight excluding hydrogens is 785 g/mol. The van der Waals surface area contributed by atoms with Crippen LogP contribution in [0.15, 0.2) is 125 Å². The molecule has 3 aromatic carbocycles. The van der Waals surface area contributed by atoms with Gasteiger partial charge < -0.3 is 0 Å². The van der Waals surface area contributed by atoms with Gasteiger partial charge in [0.05, 0.1) is 0 Å². The molecule has 4 rings (SSSR count). The molecule has 1 heterocycles. The van der Waals surface area contributed by atoms with Crippen LogP contribution in [0.4, 0.5) is 5.69 Å². The van der Waals surface area contributed by atoms with Gasteiger partial charge >= 0.3 is 33.3 Å². The molecule has 0 saturated heterocycles. The van der Waals surface area contributed by atoms with Crippen molar-refractivity contribution in [2.45, 2.75) is 123 Å². The molecule has 0 aliphatic carbocycles. The number of halogens is 2. The van der Waals surface area contributed by atoms with E-state index in [-0.39, 0.29) is 25.1 Å². The number of hydrazone groups is 2. The van der Waals surface area contributed by atoms with E-state index in [4.69, 9.17) is 36.8 Å². The molecule has 5 nitrogen and oxygen atoms in total. The fourth-order valence-electron chi connectivity index (χ4n) is 5.51.